The number of hydrogen-bond donors (Lipinski definition) is 1. The fourth-order valence-electron chi connectivity index (χ4n) is 1.67. The SMILES string of the molecule is Cc1ccncc1-c1noc(C2CNC2)n1. The van der Waals surface area contributed by atoms with Gasteiger partial charge in [-0.1, -0.05) is 5.16 Å². The second-order valence-corrected chi connectivity index (χ2v) is 4.00. The van der Waals surface area contributed by atoms with Crippen LogP contribution in [0.25, 0.3) is 11.4 Å². The largest absolute Gasteiger partial charge is 0.339 e. The summed E-state index contributed by atoms with van der Waals surface area (Å²) in [5, 5.41) is 7.18. The molecule has 0 spiro atoms. The van der Waals surface area contributed by atoms with Gasteiger partial charge in [0.25, 0.3) is 0 Å². The van der Waals surface area contributed by atoms with Crippen LogP contribution in [-0.2, 0) is 0 Å². The molecule has 5 heteroatoms. The van der Waals surface area contributed by atoms with E-state index in [0.29, 0.717) is 11.7 Å². The van der Waals surface area contributed by atoms with Crippen LogP contribution in [0.5, 0.6) is 0 Å². The molecule has 0 aromatic carbocycles. The Morgan fingerprint density at radius 1 is 1.44 bits per heavy atom. The van der Waals surface area contributed by atoms with E-state index in [1.54, 1.807) is 12.4 Å². The first-order valence-electron chi connectivity index (χ1n) is 5.30. The highest BCUT2D eigenvalue weighted by Crippen LogP contribution is 2.23. The minimum absolute atomic E-state index is 0.373. The fourth-order valence-corrected chi connectivity index (χ4v) is 1.67. The number of hydrogen-bond acceptors (Lipinski definition) is 5. The smallest absolute Gasteiger partial charge is 0.232 e. The Morgan fingerprint density at radius 3 is 3.00 bits per heavy atom. The van der Waals surface area contributed by atoms with Gasteiger partial charge in [-0.3, -0.25) is 4.98 Å². The molecular weight excluding hydrogens is 204 g/mol. The Hall–Kier alpha value is -1.75. The lowest BCUT2D eigenvalue weighted by Gasteiger charge is -2.22. The van der Waals surface area contributed by atoms with E-state index in [0.717, 1.165) is 30.1 Å². The molecule has 16 heavy (non-hydrogen) atoms. The first-order chi connectivity index (χ1) is 7.84. The van der Waals surface area contributed by atoms with E-state index >= 15 is 0 Å². The monoisotopic (exact) mass is 216 g/mol. The molecule has 1 saturated heterocycles. The van der Waals surface area contributed by atoms with Gasteiger partial charge in [0.1, 0.15) is 0 Å². The van der Waals surface area contributed by atoms with Crippen LogP contribution >= 0.6 is 0 Å². The molecule has 0 radical (unpaired) electrons. The highest BCUT2D eigenvalue weighted by atomic mass is 16.5. The van der Waals surface area contributed by atoms with Gasteiger partial charge in [0, 0.05) is 31.0 Å². The van der Waals surface area contributed by atoms with Gasteiger partial charge in [-0.15, -0.1) is 0 Å². The van der Waals surface area contributed by atoms with Crippen molar-refractivity contribution in [1.29, 1.82) is 0 Å². The van der Waals surface area contributed by atoms with Gasteiger partial charge >= 0.3 is 0 Å². The number of aryl methyl sites for hydroxylation is 1. The number of rotatable bonds is 2. The highest BCUT2D eigenvalue weighted by molar-refractivity contribution is 5.57. The quantitative estimate of drug-likeness (QED) is 0.815. The van der Waals surface area contributed by atoms with Crippen LogP contribution in [0.15, 0.2) is 23.0 Å². The van der Waals surface area contributed by atoms with Crippen molar-refractivity contribution >= 4 is 0 Å². The molecular formula is C11H12N4O. The molecule has 0 amide bonds. The van der Waals surface area contributed by atoms with Crippen LogP contribution in [0.3, 0.4) is 0 Å². The molecule has 0 aliphatic carbocycles. The van der Waals surface area contributed by atoms with Crippen molar-refractivity contribution in [2.24, 2.45) is 0 Å². The van der Waals surface area contributed by atoms with E-state index in [-0.39, 0.29) is 0 Å². The summed E-state index contributed by atoms with van der Waals surface area (Å²) in [6.45, 7) is 3.86. The lowest BCUT2D eigenvalue weighted by molar-refractivity contribution is 0.308. The number of nitrogens with one attached hydrogen (secondary N) is 1. The predicted octanol–water partition coefficient (Wildman–Crippen LogP) is 1.13. The Bertz CT molecular complexity index is 504. The zero-order valence-electron chi connectivity index (χ0n) is 8.97. The molecule has 2 aromatic rings. The number of nitrogens with zero attached hydrogens (tertiary/aromatic N) is 3. The maximum atomic E-state index is 5.25. The molecule has 3 rings (SSSR count). The lowest BCUT2D eigenvalue weighted by Crippen LogP contribution is -2.40. The fraction of sp³-hybridized carbons (Fsp3) is 0.364. The zero-order chi connectivity index (χ0) is 11.0. The van der Waals surface area contributed by atoms with Crippen molar-refractivity contribution in [2.75, 3.05) is 13.1 Å². The topological polar surface area (TPSA) is 63.8 Å². The van der Waals surface area contributed by atoms with Gasteiger partial charge in [0.2, 0.25) is 11.7 Å². The van der Waals surface area contributed by atoms with Gasteiger partial charge in [-0.25, -0.2) is 0 Å². The number of pyridine rings is 1. The van der Waals surface area contributed by atoms with Gasteiger partial charge < -0.3 is 9.84 Å². The normalized spacial score (nSPS) is 16.1. The summed E-state index contributed by atoms with van der Waals surface area (Å²) in [4.78, 5) is 8.48. The molecule has 3 heterocycles. The zero-order valence-corrected chi connectivity index (χ0v) is 8.97. The number of aromatic nitrogens is 3. The molecule has 82 valence electrons. The molecule has 0 unspecified atom stereocenters. The summed E-state index contributed by atoms with van der Waals surface area (Å²) in [6, 6.07) is 1.94. The van der Waals surface area contributed by atoms with Gasteiger partial charge in [-0.05, 0) is 18.6 Å². The van der Waals surface area contributed by atoms with Gasteiger partial charge in [-0.2, -0.15) is 4.98 Å². The third kappa shape index (κ3) is 1.49. The van der Waals surface area contributed by atoms with Crippen LogP contribution in [0.1, 0.15) is 17.4 Å². The van der Waals surface area contributed by atoms with E-state index in [9.17, 15) is 0 Å². The summed E-state index contributed by atoms with van der Waals surface area (Å²) < 4.78 is 5.25. The van der Waals surface area contributed by atoms with Crippen LogP contribution < -0.4 is 5.32 Å². The van der Waals surface area contributed by atoms with E-state index in [1.165, 1.54) is 0 Å². The maximum absolute atomic E-state index is 5.25. The molecule has 0 bridgehead atoms. The third-order valence-corrected chi connectivity index (χ3v) is 2.85. The molecule has 1 aliphatic rings. The van der Waals surface area contributed by atoms with Crippen LogP contribution in [-0.4, -0.2) is 28.2 Å². The maximum Gasteiger partial charge on any atom is 0.232 e. The average molecular weight is 216 g/mol. The standard InChI is InChI=1S/C11H12N4O/c1-7-2-3-12-6-9(7)10-14-11(16-15-10)8-4-13-5-8/h2-3,6,8,13H,4-5H2,1H3. The second kappa shape index (κ2) is 3.68. The minimum Gasteiger partial charge on any atom is -0.339 e. The van der Waals surface area contributed by atoms with E-state index in [2.05, 4.69) is 20.4 Å². The van der Waals surface area contributed by atoms with Gasteiger partial charge in [0.15, 0.2) is 0 Å². The van der Waals surface area contributed by atoms with Crippen molar-refractivity contribution < 1.29 is 4.52 Å². The Kier molecular flexibility index (Phi) is 2.18. The molecule has 5 nitrogen and oxygen atoms in total. The molecule has 1 fully saturated rings. The first-order valence-corrected chi connectivity index (χ1v) is 5.30. The third-order valence-electron chi connectivity index (χ3n) is 2.85. The summed E-state index contributed by atoms with van der Waals surface area (Å²) in [6.07, 6.45) is 3.53. The van der Waals surface area contributed by atoms with Crippen molar-refractivity contribution in [3.05, 3.63) is 29.9 Å². The van der Waals surface area contributed by atoms with E-state index in [4.69, 9.17) is 4.52 Å². The predicted molar refractivity (Wildman–Crippen MR) is 57.9 cm³/mol. The molecule has 1 aliphatic heterocycles. The Labute approximate surface area is 92.9 Å². The lowest BCUT2D eigenvalue weighted by atomic mass is 10.0. The van der Waals surface area contributed by atoms with Crippen molar-refractivity contribution in [2.45, 2.75) is 12.8 Å². The molecule has 2 aromatic heterocycles. The highest BCUT2D eigenvalue weighted by Gasteiger charge is 2.25. The van der Waals surface area contributed by atoms with Gasteiger partial charge in [0.05, 0.1) is 5.92 Å². The summed E-state index contributed by atoms with van der Waals surface area (Å²) in [5.74, 6) is 1.72. The molecule has 0 atom stereocenters. The van der Waals surface area contributed by atoms with Crippen LogP contribution in [0.2, 0.25) is 0 Å². The molecule has 0 saturated carbocycles. The van der Waals surface area contributed by atoms with Crippen molar-refractivity contribution in [1.82, 2.24) is 20.4 Å². The van der Waals surface area contributed by atoms with Crippen molar-refractivity contribution in [3.63, 3.8) is 0 Å². The summed E-state index contributed by atoms with van der Waals surface area (Å²) in [5.41, 5.74) is 2.04. The average Bonchev–Trinajstić information content (AvgIpc) is 2.65. The second-order valence-electron chi connectivity index (χ2n) is 4.00. The summed E-state index contributed by atoms with van der Waals surface area (Å²) in [7, 11) is 0. The van der Waals surface area contributed by atoms with Crippen LogP contribution in [0.4, 0.5) is 0 Å². The first kappa shape index (κ1) is 9.47. The van der Waals surface area contributed by atoms with E-state index < -0.39 is 0 Å². The van der Waals surface area contributed by atoms with E-state index in [1.807, 2.05) is 13.0 Å². The Morgan fingerprint density at radius 2 is 2.31 bits per heavy atom. The molecule has 1 N–H and O–H groups in total. The summed E-state index contributed by atoms with van der Waals surface area (Å²) >= 11 is 0. The van der Waals surface area contributed by atoms with Crippen molar-refractivity contribution in [3.8, 4) is 11.4 Å². The Balaban J connectivity index is 1.95. The minimum atomic E-state index is 0.373. The van der Waals surface area contributed by atoms with Crippen LogP contribution in [0, 0.1) is 6.92 Å².